The highest BCUT2D eigenvalue weighted by atomic mass is 35.5. The molecular formula is C18H19ClO. The average Bonchev–Trinajstić information content (AvgIpc) is 2.35. The van der Waals surface area contributed by atoms with Crippen molar-refractivity contribution in [3.05, 3.63) is 68.2 Å². The van der Waals surface area contributed by atoms with Crippen molar-refractivity contribution in [1.29, 1.82) is 0 Å². The van der Waals surface area contributed by atoms with E-state index in [4.69, 9.17) is 11.6 Å². The number of carbonyl (C=O) groups is 1. The van der Waals surface area contributed by atoms with Crippen LogP contribution in [0.4, 0.5) is 0 Å². The van der Waals surface area contributed by atoms with Crippen LogP contribution in [-0.2, 0) is 0 Å². The van der Waals surface area contributed by atoms with Gasteiger partial charge in [-0.05, 0) is 80.6 Å². The van der Waals surface area contributed by atoms with Crippen LogP contribution in [0.25, 0.3) is 0 Å². The van der Waals surface area contributed by atoms with Gasteiger partial charge in [0.25, 0.3) is 0 Å². The second-order valence-corrected chi connectivity index (χ2v) is 5.92. The molecular weight excluding hydrogens is 268 g/mol. The van der Waals surface area contributed by atoms with Crippen molar-refractivity contribution in [2.45, 2.75) is 34.6 Å². The van der Waals surface area contributed by atoms with Crippen molar-refractivity contribution >= 4 is 17.4 Å². The molecule has 2 aromatic carbocycles. The number of benzene rings is 2. The second kappa shape index (κ2) is 5.41. The summed E-state index contributed by atoms with van der Waals surface area (Å²) < 4.78 is 0. The Balaban J connectivity index is 2.65. The summed E-state index contributed by atoms with van der Waals surface area (Å²) in [5, 5.41) is 0.605. The van der Waals surface area contributed by atoms with E-state index < -0.39 is 0 Å². The number of hydrogen-bond donors (Lipinski definition) is 0. The molecule has 20 heavy (non-hydrogen) atoms. The topological polar surface area (TPSA) is 17.1 Å². The van der Waals surface area contributed by atoms with Gasteiger partial charge in [0.15, 0.2) is 5.78 Å². The molecule has 0 fully saturated rings. The first kappa shape index (κ1) is 14.8. The summed E-state index contributed by atoms with van der Waals surface area (Å²) in [5.74, 6) is 0.0531. The fourth-order valence-corrected chi connectivity index (χ4v) is 2.86. The third-order valence-electron chi connectivity index (χ3n) is 3.90. The Morgan fingerprint density at radius 3 is 1.90 bits per heavy atom. The summed E-state index contributed by atoms with van der Waals surface area (Å²) in [6.07, 6.45) is 0. The minimum Gasteiger partial charge on any atom is -0.289 e. The standard InChI is InChI=1S/C18H19ClO/c1-10-6-15(9-16(19)7-10)18(20)17-13(4)11(2)8-12(3)14(17)5/h6-9H,1-5H3. The molecule has 0 saturated heterocycles. The second-order valence-electron chi connectivity index (χ2n) is 5.48. The maximum atomic E-state index is 12.8. The van der Waals surface area contributed by atoms with E-state index in [-0.39, 0.29) is 5.78 Å². The van der Waals surface area contributed by atoms with E-state index in [0.717, 1.165) is 33.4 Å². The quantitative estimate of drug-likeness (QED) is 0.701. The van der Waals surface area contributed by atoms with Gasteiger partial charge in [-0.3, -0.25) is 4.79 Å². The Morgan fingerprint density at radius 1 is 0.850 bits per heavy atom. The smallest absolute Gasteiger partial charge is 0.193 e. The Bertz CT molecular complexity index is 653. The summed E-state index contributed by atoms with van der Waals surface area (Å²) >= 11 is 6.07. The van der Waals surface area contributed by atoms with Crippen LogP contribution in [-0.4, -0.2) is 5.78 Å². The number of rotatable bonds is 2. The Morgan fingerprint density at radius 2 is 1.40 bits per heavy atom. The monoisotopic (exact) mass is 286 g/mol. The van der Waals surface area contributed by atoms with Crippen LogP contribution in [0.15, 0.2) is 24.3 Å². The molecule has 0 atom stereocenters. The van der Waals surface area contributed by atoms with Crippen molar-refractivity contribution in [3.8, 4) is 0 Å². The summed E-state index contributed by atoms with van der Waals surface area (Å²) in [6.45, 7) is 10.0. The highest BCUT2D eigenvalue weighted by Gasteiger charge is 2.18. The number of aryl methyl sites for hydroxylation is 3. The van der Waals surface area contributed by atoms with Gasteiger partial charge in [0.05, 0.1) is 0 Å². The van der Waals surface area contributed by atoms with Gasteiger partial charge in [-0.15, -0.1) is 0 Å². The van der Waals surface area contributed by atoms with E-state index in [0.29, 0.717) is 10.6 Å². The lowest BCUT2D eigenvalue weighted by molar-refractivity contribution is 0.103. The maximum Gasteiger partial charge on any atom is 0.193 e. The highest BCUT2D eigenvalue weighted by molar-refractivity contribution is 6.31. The summed E-state index contributed by atoms with van der Waals surface area (Å²) in [6, 6.07) is 7.63. The van der Waals surface area contributed by atoms with Crippen LogP contribution >= 0.6 is 11.6 Å². The fraction of sp³-hybridized carbons (Fsp3) is 0.278. The fourth-order valence-electron chi connectivity index (χ4n) is 2.57. The van der Waals surface area contributed by atoms with Gasteiger partial charge in [0.1, 0.15) is 0 Å². The molecule has 0 bridgehead atoms. The zero-order chi connectivity index (χ0) is 15.0. The van der Waals surface area contributed by atoms with Gasteiger partial charge in [-0.2, -0.15) is 0 Å². The Hall–Kier alpha value is -1.60. The molecule has 0 heterocycles. The summed E-state index contributed by atoms with van der Waals surface area (Å²) in [7, 11) is 0. The lowest BCUT2D eigenvalue weighted by Crippen LogP contribution is -2.09. The Kier molecular flexibility index (Phi) is 4.01. The lowest BCUT2D eigenvalue weighted by atomic mass is 9.89. The molecule has 2 heteroatoms. The SMILES string of the molecule is Cc1cc(Cl)cc(C(=O)c2c(C)c(C)cc(C)c2C)c1. The molecule has 0 spiro atoms. The van der Waals surface area contributed by atoms with E-state index in [1.807, 2.05) is 46.8 Å². The molecule has 2 rings (SSSR count). The van der Waals surface area contributed by atoms with Crippen LogP contribution in [0.1, 0.15) is 43.7 Å². The highest BCUT2D eigenvalue weighted by Crippen LogP contribution is 2.25. The minimum absolute atomic E-state index is 0.0531. The van der Waals surface area contributed by atoms with Crippen molar-refractivity contribution in [3.63, 3.8) is 0 Å². The van der Waals surface area contributed by atoms with Crippen LogP contribution in [0.2, 0.25) is 5.02 Å². The van der Waals surface area contributed by atoms with Gasteiger partial charge in [-0.25, -0.2) is 0 Å². The number of ketones is 1. The zero-order valence-electron chi connectivity index (χ0n) is 12.6. The average molecular weight is 287 g/mol. The van der Waals surface area contributed by atoms with Gasteiger partial charge >= 0.3 is 0 Å². The van der Waals surface area contributed by atoms with Crippen LogP contribution in [0.5, 0.6) is 0 Å². The Labute approximate surface area is 125 Å². The van der Waals surface area contributed by atoms with Crippen LogP contribution in [0, 0.1) is 34.6 Å². The maximum absolute atomic E-state index is 12.8. The molecule has 1 nitrogen and oxygen atoms in total. The van der Waals surface area contributed by atoms with Crippen molar-refractivity contribution < 1.29 is 4.79 Å². The summed E-state index contributed by atoms with van der Waals surface area (Å²) in [4.78, 5) is 12.8. The third kappa shape index (κ3) is 2.64. The van der Waals surface area contributed by atoms with Gasteiger partial charge < -0.3 is 0 Å². The van der Waals surface area contributed by atoms with Crippen molar-refractivity contribution in [2.75, 3.05) is 0 Å². The van der Waals surface area contributed by atoms with Gasteiger partial charge in [0.2, 0.25) is 0 Å². The van der Waals surface area contributed by atoms with E-state index in [9.17, 15) is 4.79 Å². The number of hydrogen-bond acceptors (Lipinski definition) is 1. The third-order valence-corrected chi connectivity index (χ3v) is 4.12. The molecule has 2 aromatic rings. The van der Waals surface area contributed by atoms with E-state index in [2.05, 4.69) is 6.07 Å². The van der Waals surface area contributed by atoms with Crippen LogP contribution < -0.4 is 0 Å². The number of halogens is 1. The predicted molar refractivity (Wildman–Crippen MR) is 85.0 cm³/mol. The van der Waals surface area contributed by atoms with Gasteiger partial charge in [-0.1, -0.05) is 17.7 Å². The minimum atomic E-state index is 0.0531. The first-order valence-corrected chi connectivity index (χ1v) is 7.08. The van der Waals surface area contributed by atoms with E-state index in [1.54, 1.807) is 6.07 Å². The zero-order valence-corrected chi connectivity index (χ0v) is 13.4. The summed E-state index contributed by atoms with van der Waals surface area (Å²) in [5.41, 5.74) is 6.87. The first-order valence-electron chi connectivity index (χ1n) is 6.70. The first-order chi connectivity index (χ1) is 9.31. The largest absolute Gasteiger partial charge is 0.289 e. The number of carbonyl (C=O) groups excluding carboxylic acids is 1. The molecule has 0 aromatic heterocycles. The van der Waals surface area contributed by atoms with E-state index in [1.165, 1.54) is 0 Å². The molecule has 0 aliphatic rings. The molecule has 0 saturated carbocycles. The predicted octanol–water partition coefficient (Wildman–Crippen LogP) is 5.11. The molecule has 0 radical (unpaired) electrons. The van der Waals surface area contributed by atoms with E-state index >= 15 is 0 Å². The van der Waals surface area contributed by atoms with Crippen molar-refractivity contribution in [2.24, 2.45) is 0 Å². The van der Waals surface area contributed by atoms with Crippen molar-refractivity contribution in [1.82, 2.24) is 0 Å². The van der Waals surface area contributed by atoms with Gasteiger partial charge in [0, 0.05) is 16.1 Å². The molecule has 0 aliphatic carbocycles. The molecule has 0 N–H and O–H groups in total. The lowest BCUT2D eigenvalue weighted by Gasteiger charge is -2.14. The normalized spacial score (nSPS) is 10.7. The molecule has 0 aliphatic heterocycles. The molecule has 0 unspecified atom stereocenters. The van der Waals surface area contributed by atoms with Crippen LogP contribution in [0.3, 0.4) is 0 Å². The molecule has 0 amide bonds. The molecule has 104 valence electrons.